The Balaban J connectivity index is 2.13. The van der Waals surface area contributed by atoms with E-state index in [1.54, 1.807) is 6.92 Å². The predicted molar refractivity (Wildman–Crippen MR) is 70.7 cm³/mol. The lowest BCUT2D eigenvalue weighted by atomic mass is 10.3. The molecule has 3 nitrogen and oxygen atoms in total. The quantitative estimate of drug-likeness (QED) is 0.762. The third-order valence-electron chi connectivity index (χ3n) is 2.34. The normalized spacial score (nSPS) is 12.8. The summed E-state index contributed by atoms with van der Waals surface area (Å²) in [6.45, 7) is 4.08. The van der Waals surface area contributed by atoms with Gasteiger partial charge in [0.25, 0.3) is 0 Å². The van der Waals surface area contributed by atoms with E-state index in [9.17, 15) is 5.11 Å². The van der Waals surface area contributed by atoms with Gasteiger partial charge in [0.2, 0.25) is 0 Å². The molecule has 0 aliphatic rings. The number of hydrogen-bond acceptors (Lipinski definition) is 3. The van der Waals surface area contributed by atoms with Gasteiger partial charge in [-0.25, -0.2) is 0 Å². The lowest BCUT2D eigenvalue weighted by Crippen LogP contribution is -2.28. The Hall–Kier alpha value is -0.770. The van der Waals surface area contributed by atoms with Crippen LogP contribution in [0, 0.1) is 0 Å². The summed E-state index contributed by atoms with van der Waals surface area (Å²) >= 11 is 5.78. The summed E-state index contributed by atoms with van der Waals surface area (Å²) in [7, 11) is 2.00. The van der Waals surface area contributed by atoms with Gasteiger partial charge in [0.1, 0.15) is 5.75 Å². The number of rotatable bonds is 7. The van der Waals surface area contributed by atoms with Gasteiger partial charge >= 0.3 is 0 Å². The molecule has 0 amide bonds. The molecule has 0 radical (unpaired) electrons. The van der Waals surface area contributed by atoms with Crippen molar-refractivity contribution in [3.63, 3.8) is 0 Å². The van der Waals surface area contributed by atoms with E-state index in [-0.39, 0.29) is 6.10 Å². The first-order valence-electron chi connectivity index (χ1n) is 5.83. The molecule has 0 aromatic heterocycles. The van der Waals surface area contributed by atoms with Crippen LogP contribution in [0.5, 0.6) is 5.75 Å². The van der Waals surface area contributed by atoms with Gasteiger partial charge in [-0.05, 0) is 44.7 Å². The fraction of sp³-hybridized carbons (Fsp3) is 0.538. The Morgan fingerprint density at radius 2 is 2.00 bits per heavy atom. The maximum atomic E-state index is 9.20. The molecule has 1 aromatic rings. The third-order valence-corrected chi connectivity index (χ3v) is 2.59. The zero-order valence-corrected chi connectivity index (χ0v) is 11.2. The van der Waals surface area contributed by atoms with Gasteiger partial charge in [0, 0.05) is 18.1 Å². The maximum Gasteiger partial charge on any atom is 0.119 e. The molecule has 1 unspecified atom stereocenters. The minimum atomic E-state index is -0.280. The number of hydrogen-bond donors (Lipinski definition) is 1. The average molecular weight is 258 g/mol. The van der Waals surface area contributed by atoms with Crippen molar-refractivity contribution >= 4 is 11.6 Å². The van der Waals surface area contributed by atoms with E-state index in [2.05, 4.69) is 4.90 Å². The van der Waals surface area contributed by atoms with Crippen molar-refractivity contribution < 1.29 is 9.84 Å². The Labute approximate surface area is 108 Å². The minimum Gasteiger partial charge on any atom is -0.494 e. The molecule has 0 fully saturated rings. The first-order chi connectivity index (χ1) is 8.08. The van der Waals surface area contributed by atoms with Crippen molar-refractivity contribution in [2.75, 3.05) is 26.7 Å². The number of aliphatic hydroxyl groups is 1. The highest BCUT2D eigenvalue weighted by Gasteiger charge is 2.02. The van der Waals surface area contributed by atoms with Gasteiger partial charge in [-0.1, -0.05) is 11.6 Å². The molecule has 0 aliphatic carbocycles. The highest BCUT2D eigenvalue weighted by molar-refractivity contribution is 6.30. The van der Waals surface area contributed by atoms with Crippen LogP contribution >= 0.6 is 11.6 Å². The number of halogens is 1. The van der Waals surface area contributed by atoms with Gasteiger partial charge < -0.3 is 14.7 Å². The Morgan fingerprint density at radius 3 is 2.59 bits per heavy atom. The summed E-state index contributed by atoms with van der Waals surface area (Å²) in [6, 6.07) is 7.36. The summed E-state index contributed by atoms with van der Waals surface area (Å²) < 4.78 is 5.57. The summed E-state index contributed by atoms with van der Waals surface area (Å²) in [4.78, 5) is 2.09. The van der Waals surface area contributed by atoms with Crippen molar-refractivity contribution in [1.29, 1.82) is 0 Å². The van der Waals surface area contributed by atoms with Gasteiger partial charge in [0.05, 0.1) is 12.7 Å². The summed E-state index contributed by atoms with van der Waals surface area (Å²) in [6.07, 6.45) is 0.656. The van der Waals surface area contributed by atoms with Crippen LogP contribution in [-0.4, -0.2) is 42.9 Å². The van der Waals surface area contributed by atoms with Gasteiger partial charge in [-0.2, -0.15) is 0 Å². The summed E-state index contributed by atoms with van der Waals surface area (Å²) in [5.74, 6) is 0.840. The van der Waals surface area contributed by atoms with Crippen LogP contribution in [0.2, 0.25) is 5.02 Å². The van der Waals surface area contributed by atoms with Gasteiger partial charge in [-0.15, -0.1) is 0 Å². The van der Waals surface area contributed by atoms with Crippen LogP contribution in [0.15, 0.2) is 24.3 Å². The van der Waals surface area contributed by atoms with E-state index in [1.807, 2.05) is 31.3 Å². The first-order valence-corrected chi connectivity index (χ1v) is 6.20. The molecule has 0 heterocycles. The van der Waals surface area contributed by atoms with E-state index < -0.39 is 0 Å². The molecule has 0 bridgehead atoms. The van der Waals surface area contributed by atoms with Crippen LogP contribution in [0.25, 0.3) is 0 Å². The Morgan fingerprint density at radius 1 is 1.35 bits per heavy atom. The molecule has 0 spiro atoms. The molecular formula is C13H20ClNO2. The standard InChI is InChI=1S/C13H20ClNO2/c1-11(16)10-15(2)8-3-9-17-13-6-4-12(14)5-7-13/h4-7,11,16H,3,8-10H2,1-2H3. The minimum absolute atomic E-state index is 0.280. The molecule has 1 atom stereocenters. The van der Waals surface area contributed by atoms with Crippen LogP contribution in [0.4, 0.5) is 0 Å². The Kier molecular flexibility index (Phi) is 6.34. The first kappa shape index (κ1) is 14.3. The highest BCUT2D eigenvalue weighted by atomic mass is 35.5. The van der Waals surface area contributed by atoms with Crippen LogP contribution in [0.3, 0.4) is 0 Å². The number of nitrogens with zero attached hydrogens (tertiary/aromatic N) is 1. The molecule has 0 saturated heterocycles. The monoisotopic (exact) mass is 257 g/mol. The number of ether oxygens (including phenoxy) is 1. The number of aliphatic hydroxyl groups excluding tert-OH is 1. The predicted octanol–water partition coefficient (Wildman–Crippen LogP) is 2.42. The second-order valence-corrected chi connectivity index (χ2v) is 4.70. The van der Waals surface area contributed by atoms with Crippen molar-refractivity contribution in [3.05, 3.63) is 29.3 Å². The summed E-state index contributed by atoms with van der Waals surface area (Å²) in [5, 5.41) is 9.91. The van der Waals surface area contributed by atoms with E-state index >= 15 is 0 Å². The van der Waals surface area contributed by atoms with Gasteiger partial charge in [-0.3, -0.25) is 0 Å². The van der Waals surface area contributed by atoms with Crippen LogP contribution < -0.4 is 4.74 Å². The lowest BCUT2D eigenvalue weighted by molar-refractivity contribution is 0.137. The fourth-order valence-electron chi connectivity index (χ4n) is 1.60. The van der Waals surface area contributed by atoms with Gasteiger partial charge in [0.15, 0.2) is 0 Å². The van der Waals surface area contributed by atoms with E-state index in [0.29, 0.717) is 18.2 Å². The zero-order valence-electron chi connectivity index (χ0n) is 10.4. The summed E-state index contributed by atoms with van der Waals surface area (Å²) in [5.41, 5.74) is 0. The van der Waals surface area contributed by atoms with E-state index in [0.717, 1.165) is 18.7 Å². The molecule has 1 N–H and O–H groups in total. The molecule has 1 aromatic carbocycles. The van der Waals surface area contributed by atoms with Crippen LogP contribution in [-0.2, 0) is 0 Å². The third kappa shape index (κ3) is 6.51. The van der Waals surface area contributed by atoms with Crippen molar-refractivity contribution in [3.8, 4) is 5.75 Å². The van der Waals surface area contributed by atoms with E-state index in [4.69, 9.17) is 16.3 Å². The molecule has 0 aliphatic heterocycles. The van der Waals surface area contributed by atoms with Crippen molar-refractivity contribution in [2.24, 2.45) is 0 Å². The molecule has 4 heteroatoms. The molecule has 0 saturated carbocycles. The number of likely N-dealkylation sites (N-methyl/N-ethyl adjacent to an activating group) is 1. The molecule has 1 rings (SSSR count). The largest absolute Gasteiger partial charge is 0.494 e. The zero-order chi connectivity index (χ0) is 12.7. The fourth-order valence-corrected chi connectivity index (χ4v) is 1.72. The second kappa shape index (κ2) is 7.54. The smallest absolute Gasteiger partial charge is 0.119 e. The Bertz CT molecular complexity index is 314. The van der Waals surface area contributed by atoms with E-state index in [1.165, 1.54) is 0 Å². The van der Waals surface area contributed by atoms with Crippen molar-refractivity contribution in [1.82, 2.24) is 4.90 Å². The topological polar surface area (TPSA) is 32.7 Å². The highest BCUT2D eigenvalue weighted by Crippen LogP contribution is 2.15. The number of benzene rings is 1. The van der Waals surface area contributed by atoms with Crippen LogP contribution in [0.1, 0.15) is 13.3 Å². The second-order valence-electron chi connectivity index (χ2n) is 4.27. The van der Waals surface area contributed by atoms with Crippen molar-refractivity contribution in [2.45, 2.75) is 19.4 Å². The molecule has 17 heavy (non-hydrogen) atoms. The SMILES string of the molecule is CC(O)CN(C)CCCOc1ccc(Cl)cc1. The maximum absolute atomic E-state index is 9.20. The molecule has 96 valence electrons. The lowest BCUT2D eigenvalue weighted by Gasteiger charge is -2.18. The average Bonchev–Trinajstić information content (AvgIpc) is 2.26. The molecular weight excluding hydrogens is 238 g/mol.